The Hall–Kier alpha value is -1.92. The van der Waals surface area contributed by atoms with Crippen LogP contribution in [0.3, 0.4) is 0 Å². The molecule has 0 saturated carbocycles. The highest BCUT2D eigenvalue weighted by Crippen LogP contribution is 2.16. The zero-order valence-electron chi connectivity index (χ0n) is 8.91. The van der Waals surface area contributed by atoms with Crippen LogP contribution in [0.5, 0.6) is 0 Å². The smallest absolute Gasteiger partial charge is 0.334 e. The Bertz CT molecular complexity index is 392. The predicted octanol–water partition coefficient (Wildman–Crippen LogP) is -0.153. The number of aliphatic hydroxyl groups is 1. The average Bonchev–Trinajstić information content (AvgIpc) is 2.30. The van der Waals surface area contributed by atoms with Gasteiger partial charge in [0, 0.05) is 0 Å². The Morgan fingerprint density at radius 1 is 1.18 bits per heavy atom. The third kappa shape index (κ3) is 3.86. The summed E-state index contributed by atoms with van der Waals surface area (Å²) in [4.78, 5) is 21.2. The quantitative estimate of drug-likeness (QED) is 0.550. The molecule has 0 bridgehead atoms. The van der Waals surface area contributed by atoms with Crippen molar-refractivity contribution < 1.29 is 24.9 Å². The van der Waals surface area contributed by atoms with Crippen molar-refractivity contribution in [3.63, 3.8) is 0 Å². The van der Waals surface area contributed by atoms with Gasteiger partial charge < -0.3 is 15.3 Å². The molecule has 0 unspecified atom stereocenters. The first kappa shape index (κ1) is 13.1. The first-order valence-electron chi connectivity index (χ1n) is 4.93. The van der Waals surface area contributed by atoms with Crippen LogP contribution in [-0.2, 0) is 9.59 Å². The minimum atomic E-state index is -1.70. The maximum Gasteiger partial charge on any atom is 0.334 e. The van der Waals surface area contributed by atoms with Crippen LogP contribution in [0.1, 0.15) is 11.6 Å². The highest BCUT2D eigenvalue weighted by Gasteiger charge is 2.27. The molecule has 1 aromatic rings. The molecule has 0 amide bonds. The fourth-order valence-electron chi connectivity index (χ4n) is 1.41. The van der Waals surface area contributed by atoms with Crippen LogP contribution in [0, 0.1) is 0 Å². The molecule has 0 aromatic heterocycles. The van der Waals surface area contributed by atoms with Gasteiger partial charge in [-0.25, -0.2) is 4.79 Å². The fourth-order valence-corrected chi connectivity index (χ4v) is 1.41. The van der Waals surface area contributed by atoms with Gasteiger partial charge in [0.15, 0.2) is 6.10 Å². The van der Waals surface area contributed by atoms with Crippen LogP contribution in [0.25, 0.3) is 0 Å². The van der Waals surface area contributed by atoms with Crippen molar-refractivity contribution in [3.05, 3.63) is 35.9 Å². The molecule has 1 aromatic carbocycles. The number of nitrogens with one attached hydrogen (secondary N) is 1. The van der Waals surface area contributed by atoms with Gasteiger partial charge >= 0.3 is 11.9 Å². The first-order chi connectivity index (χ1) is 8.02. The highest BCUT2D eigenvalue weighted by molar-refractivity contribution is 5.74. The van der Waals surface area contributed by atoms with E-state index in [1.807, 2.05) is 0 Å². The molecule has 92 valence electrons. The number of aliphatic hydroxyl groups excluding tert-OH is 1. The normalized spacial score (nSPS) is 13.9. The third-order valence-electron chi connectivity index (χ3n) is 2.20. The van der Waals surface area contributed by atoms with Crippen LogP contribution in [0.4, 0.5) is 0 Å². The second-order valence-electron chi connectivity index (χ2n) is 3.45. The van der Waals surface area contributed by atoms with Crippen LogP contribution in [0.15, 0.2) is 30.3 Å². The van der Waals surface area contributed by atoms with Crippen LogP contribution in [-0.4, -0.2) is 39.9 Å². The van der Waals surface area contributed by atoms with Crippen molar-refractivity contribution in [2.24, 2.45) is 0 Å². The van der Waals surface area contributed by atoms with E-state index < -0.39 is 30.6 Å². The van der Waals surface area contributed by atoms with E-state index >= 15 is 0 Å². The Morgan fingerprint density at radius 2 is 1.76 bits per heavy atom. The molecule has 4 N–H and O–H groups in total. The molecule has 0 fully saturated rings. The Balaban J connectivity index is 2.86. The summed E-state index contributed by atoms with van der Waals surface area (Å²) < 4.78 is 0. The number of benzene rings is 1. The minimum Gasteiger partial charge on any atom is -0.480 e. The lowest BCUT2D eigenvalue weighted by Gasteiger charge is -2.20. The predicted molar refractivity (Wildman–Crippen MR) is 58.5 cm³/mol. The Labute approximate surface area is 97.5 Å². The molecule has 17 heavy (non-hydrogen) atoms. The van der Waals surface area contributed by atoms with E-state index in [4.69, 9.17) is 10.2 Å². The van der Waals surface area contributed by atoms with Gasteiger partial charge in [-0.05, 0) is 5.56 Å². The zero-order valence-corrected chi connectivity index (χ0v) is 8.91. The molecule has 0 aliphatic heterocycles. The lowest BCUT2D eigenvalue weighted by Crippen LogP contribution is -2.39. The summed E-state index contributed by atoms with van der Waals surface area (Å²) in [6, 6.07) is 7.38. The number of carboxylic acid groups (broad SMARTS) is 2. The van der Waals surface area contributed by atoms with Gasteiger partial charge in [0.2, 0.25) is 0 Å². The zero-order chi connectivity index (χ0) is 12.8. The van der Waals surface area contributed by atoms with E-state index in [1.54, 1.807) is 30.3 Å². The van der Waals surface area contributed by atoms with Crippen molar-refractivity contribution in [1.29, 1.82) is 0 Å². The van der Waals surface area contributed by atoms with Gasteiger partial charge in [-0.15, -0.1) is 0 Å². The average molecular weight is 239 g/mol. The summed E-state index contributed by atoms with van der Waals surface area (Å²) in [7, 11) is 0. The first-order valence-corrected chi connectivity index (χ1v) is 4.93. The van der Waals surface area contributed by atoms with E-state index in [0.717, 1.165) is 0 Å². The Kier molecular flexibility index (Phi) is 4.62. The molecule has 0 radical (unpaired) electrons. The van der Waals surface area contributed by atoms with E-state index in [2.05, 4.69) is 5.32 Å². The molecule has 6 heteroatoms. The van der Waals surface area contributed by atoms with E-state index in [9.17, 15) is 14.7 Å². The van der Waals surface area contributed by atoms with E-state index in [0.29, 0.717) is 5.56 Å². The molecule has 0 saturated heterocycles. The molecule has 1 rings (SSSR count). The second kappa shape index (κ2) is 5.97. The molecule has 6 nitrogen and oxygen atoms in total. The summed E-state index contributed by atoms with van der Waals surface area (Å²) in [5.74, 6) is -2.53. The molecular formula is C11H13NO5. The monoisotopic (exact) mass is 239 g/mol. The van der Waals surface area contributed by atoms with Gasteiger partial charge in [-0.1, -0.05) is 30.3 Å². The second-order valence-corrected chi connectivity index (χ2v) is 3.45. The number of carbonyl (C=O) groups is 2. The largest absolute Gasteiger partial charge is 0.480 e. The maximum atomic E-state index is 10.7. The van der Waals surface area contributed by atoms with Crippen LogP contribution < -0.4 is 5.32 Å². The van der Waals surface area contributed by atoms with Gasteiger partial charge in [0.1, 0.15) is 0 Å². The summed E-state index contributed by atoms with van der Waals surface area (Å²) in [6.07, 6.45) is -1.70. The number of rotatable bonds is 6. The van der Waals surface area contributed by atoms with Crippen molar-refractivity contribution in [2.75, 3.05) is 6.54 Å². The van der Waals surface area contributed by atoms with Gasteiger partial charge in [0.25, 0.3) is 0 Å². The maximum absolute atomic E-state index is 10.7. The standard InChI is InChI=1S/C11H13NO5/c13-8(14)6-12-9(10(15)11(16)17)7-4-2-1-3-5-7/h1-5,9-10,12,15H,6H2,(H,13,14)(H,16,17)/t9-,10+/m0/s1. The van der Waals surface area contributed by atoms with E-state index in [-0.39, 0.29) is 0 Å². The summed E-state index contributed by atoms with van der Waals surface area (Å²) in [5.41, 5.74) is 0.517. The Morgan fingerprint density at radius 3 is 2.24 bits per heavy atom. The number of hydrogen-bond donors (Lipinski definition) is 4. The summed E-state index contributed by atoms with van der Waals surface area (Å²) in [5, 5.41) is 29.3. The number of aliphatic carboxylic acids is 2. The summed E-state index contributed by atoms with van der Waals surface area (Å²) in [6.45, 7) is -0.427. The lowest BCUT2D eigenvalue weighted by atomic mass is 10.0. The van der Waals surface area contributed by atoms with Gasteiger partial charge in [0.05, 0.1) is 12.6 Å². The number of carboxylic acids is 2. The van der Waals surface area contributed by atoms with Crippen molar-refractivity contribution in [1.82, 2.24) is 5.32 Å². The summed E-state index contributed by atoms with van der Waals surface area (Å²) >= 11 is 0. The lowest BCUT2D eigenvalue weighted by molar-refractivity contribution is -0.149. The molecule has 0 aliphatic rings. The van der Waals surface area contributed by atoms with E-state index in [1.165, 1.54) is 0 Å². The highest BCUT2D eigenvalue weighted by atomic mass is 16.4. The number of hydrogen-bond acceptors (Lipinski definition) is 4. The topological polar surface area (TPSA) is 107 Å². The van der Waals surface area contributed by atoms with Crippen molar-refractivity contribution >= 4 is 11.9 Å². The van der Waals surface area contributed by atoms with Crippen molar-refractivity contribution in [2.45, 2.75) is 12.1 Å². The molecule has 0 heterocycles. The molecule has 2 atom stereocenters. The third-order valence-corrected chi connectivity index (χ3v) is 2.20. The van der Waals surface area contributed by atoms with Gasteiger partial charge in [-0.2, -0.15) is 0 Å². The van der Waals surface area contributed by atoms with Gasteiger partial charge in [-0.3, -0.25) is 10.1 Å². The molecular weight excluding hydrogens is 226 g/mol. The van der Waals surface area contributed by atoms with Crippen LogP contribution >= 0.6 is 0 Å². The van der Waals surface area contributed by atoms with Crippen LogP contribution in [0.2, 0.25) is 0 Å². The molecule has 0 spiro atoms. The molecule has 0 aliphatic carbocycles. The SMILES string of the molecule is O=C(O)CN[C@@H](c1ccccc1)[C@@H](O)C(=O)O. The van der Waals surface area contributed by atoms with Crippen molar-refractivity contribution in [3.8, 4) is 0 Å². The fraction of sp³-hybridized carbons (Fsp3) is 0.273. The minimum absolute atomic E-state index is 0.427.